The topological polar surface area (TPSA) is 62.3 Å². The predicted octanol–water partition coefficient (Wildman–Crippen LogP) is 3.95. The van der Waals surface area contributed by atoms with Gasteiger partial charge in [0.15, 0.2) is 5.78 Å². The van der Waals surface area contributed by atoms with Crippen molar-refractivity contribution in [3.8, 4) is 11.1 Å². The van der Waals surface area contributed by atoms with E-state index in [2.05, 4.69) is 21.3 Å². The summed E-state index contributed by atoms with van der Waals surface area (Å²) in [5.74, 6) is -0.403. The van der Waals surface area contributed by atoms with Gasteiger partial charge in [-0.25, -0.2) is 9.37 Å². The van der Waals surface area contributed by atoms with Crippen LogP contribution in [0.1, 0.15) is 36.3 Å². The van der Waals surface area contributed by atoms with E-state index < -0.39 is 0 Å². The maximum Gasteiger partial charge on any atom is 0.217 e. The summed E-state index contributed by atoms with van der Waals surface area (Å²) in [7, 11) is 0. The molecule has 6 heteroatoms. The molecule has 1 unspecified atom stereocenters. The van der Waals surface area contributed by atoms with Gasteiger partial charge in [-0.15, -0.1) is 0 Å². The third-order valence-electron chi connectivity index (χ3n) is 5.48. The van der Waals surface area contributed by atoms with Gasteiger partial charge in [0.1, 0.15) is 11.5 Å². The maximum atomic E-state index is 13.4. The minimum Gasteiger partial charge on any atom is -0.352 e. The van der Waals surface area contributed by atoms with E-state index in [1.54, 1.807) is 25.1 Å². The molecule has 1 fully saturated rings. The van der Waals surface area contributed by atoms with Crippen LogP contribution in [0.3, 0.4) is 0 Å². The summed E-state index contributed by atoms with van der Waals surface area (Å²) < 4.78 is 13.4. The van der Waals surface area contributed by atoms with Gasteiger partial charge >= 0.3 is 0 Å². The molecule has 0 saturated carbocycles. The molecule has 0 radical (unpaired) electrons. The first kappa shape index (κ1) is 20.2. The smallest absolute Gasteiger partial charge is 0.217 e. The summed E-state index contributed by atoms with van der Waals surface area (Å²) >= 11 is 0. The number of Topliss-reactive ketones (excluding diaryl/α,β-unsaturated/α-hetero) is 1. The Kier molecular flexibility index (Phi) is 5.59. The molecule has 2 heterocycles. The molecule has 30 heavy (non-hydrogen) atoms. The average Bonchev–Trinajstić information content (AvgIpc) is 3.13. The zero-order valence-corrected chi connectivity index (χ0v) is 17.1. The van der Waals surface area contributed by atoms with Crippen LogP contribution in [0.2, 0.25) is 0 Å². The van der Waals surface area contributed by atoms with Gasteiger partial charge < -0.3 is 5.32 Å². The highest BCUT2D eigenvalue weighted by Gasteiger charge is 2.23. The van der Waals surface area contributed by atoms with E-state index in [1.807, 2.05) is 12.1 Å². The number of aromatic nitrogens is 1. The number of pyridine rings is 1. The number of amides is 1. The highest BCUT2D eigenvalue weighted by Crippen LogP contribution is 2.30. The normalized spacial score (nSPS) is 16.7. The molecular weight excluding hydrogens is 381 g/mol. The Morgan fingerprint density at radius 1 is 1.13 bits per heavy atom. The molecule has 3 aromatic rings. The zero-order chi connectivity index (χ0) is 21.3. The zero-order valence-electron chi connectivity index (χ0n) is 17.1. The number of likely N-dealkylation sites (tertiary alicyclic amines) is 1. The van der Waals surface area contributed by atoms with Crippen LogP contribution >= 0.6 is 0 Å². The van der Waals surface area contributed by atoms with Gasteiger partial charge in [-0.1, -0.05) is 24.3 Å². The second-order valence-electron chi connectivity index (χ2n) is 7.89. The van der Waals surface area contributed by atoms with Crippen LogP contribution in [0, 0.1) is 5.82 Å². The molecule has 0 bridgehead atoms. The number of rotatable bonds is 5. The van der Waals surface area contributed by atoms with Gasteiger partial charge in [0.05, 0.1) is 5.52 Å². The van der Waals surface area contributed by atoms with Crippen LogP contribution in [0.15, 0.2) is 48.5 Å². The number of carbonyl (C=O) groups excluding carboxylic acids is 2. The van der Waals surface area contributed by atoms with Crippen molar-refractivity contribution in [3.63, 3.8) is 0 Å². The van der Waals surface area contributed by atoms with Gasteiger partial charge in [0.2, 0.25) is 5.91 Å². The van der Waals surface area contributed by atoms with E-state index >= 15 is 0 Å². The Morgan fingerprint density at radius 3 is 2.60 bits per heavy atom. The van der Waals surface area contributed by atoms with Crippen molar-refractivity contribution < 1.29 is 14.0 Å². The summed E-state index contributed by atoms with van der Waals surface area (Å²) in [6, 6.07) is 14.3. The summed E-state index contributed by atoms with van der Waals surface area (Å²) in [4.78, 5) is 30.2. The third kappa shape index (κ3) is 4.39. The summed E-state index contributed by atoms with van der Waals surface area (Å²) in [5, 5.41) is 3.90. The maximum absolute atomic E-state index is 13.4. The SMILES string of the molecule is CC(=O)NC1CCN(Cc2ccc3c(-c4ccc(F)cc4)cc(C(C)=O)nc3c2)C1. The van der Waals surface area contributed by atoms with Crippen molar-refractivity contribution >= 4 is 22.6 Å². The number of hydrogen-bond acceptors (Lipinski definition) is 4. The number of fused-ring (bicyclic) bond motifs is 1. The van der Waals surface area contributed by atoms with Crippen molar-refractivity contribution in [2.75, 3.05) is 13.1 Å². The lowest BCUT2D eigenvalue weighted by atomic mass is 9.98. The van der Waals surface area contributed by atoms with Gasteiger partial charge in [0, 0.05) is 44.9 Å². The molecule has 1 N–H and O–H groups in total. The predicted molar refractivity (Wildman–Crippen MR) is 115 cm³/mol. The summed E-state index contributed by atoms with van der Waals surface area (Å²) in [5.41, 5.74) is 3.95. The van der Waals surface area contributed by atoms with Crippen LogP contribution in [-0.4, -0.2) is 40.7 Å². The van der Waals surface area contributed by atoms with Crippen LogP contribution < -0.4 is 5.32 Å². The molecular formula is C24H24FN3O2. The lowest BCUT2D eigenvalue weighted by Crippen LogP contribution is -2.35. The molecule has 1 amide bonds. The van der Waals surface area contributed by atoms with E-state index in [9.17, 15) is 14.0 Å². The Balaban J connectivity index is 1.66. The van der Waals surface area contributed by atoms with Gasteiger partial charge in [-0.2, -0.15) is 0 Å². The van der Waals surface area contributed by atoms with Crippen molar-refractivity contribution in [3.05, 3.63) is 65.6 Å². The average molecular weight is 405 g/mol. The van der Waals surface area contributed by atoms with E-state index in [1.165, 1.54) is 19.1 Å². The summed E-state index contributed by atoms with van der Waals surface area (Å²) in [6.45, 7) is 5.54. The second kappa shape index (κ2) is 8.32. The molecule has 1 saturated heterocycles. The summed E-state index contributed by atoms with van der Waals surface area (Å²) in [6.07, 6.45) is 0.939. The lowest BCUT2D eigenvalue weighted by molar-refractivity contribution is -0.119. The molecule has 1 atom stereocenters. The Bertz CT molecular complexity index is 1110. The Hall–Kier alpha value is -3.12. The number of nitrogens with zero attached hydrogens (tertiary/aromatic N) is 2. The number of hydrogen-bond donors (Lipinski definition) is 1. The molecule has 0 spiro atoms. The fourth-order valence-electron chi connectivity index (χ4n) is 4.06. The van der Waals surface area contributed by atoms with Crippen LogP contribution in [0.25, 0.3) is 22.0 Å². The molecule has 1 aliphatic rings. The monoisotopic (exact) mass is 405 g/mol. The largest absolute Gasteiger partial charge is 0.352 e. The molecule has 5 nitrogen and oxygen atoms in total. The first-order valence-electron chi connectivity index (χ1n) is 10.1. The minimum absolute atomic E-state index is 0.00170. The number of nitrogens with one attached hydrogen (secondary N) is 1. The number of benzene rings is 2. The van der Waals surface area contributed by atoms with Gasteiger partial charge in [-0.3, -0.25) is 14.5 Å². The second-order valence-corrected chi connectivity index (χ2v) is 7.89. The number of halogens is 1. The van der Waals surface area contributed by atoms with Crippen molar-refractivity contribution in [2.45, 2.75) is 32.9 Å². The highest BCUT2D eigenvalue weighted by atomic mass is 19.1. The minimum atomic E-state index is -0.297. The number of ketones is 1. The van der Waals surface area contributed by atoms with Crippen LogP contribution in [-0.2, 0) is 11.3 Å². The molecule has 1 aliphatic heterocycles. The quantitative estimate of drug-likeness (QED) is 0.653. The van der Waals surface area contributed by atoms with E-state index in [4.69, 9.17) is 0 Å². The molecule has 1 aromatic heterocycles. The van der Waals surface area contributed by atoms with Crippen molar-refractivity contribution in [2.24, 2.45) is 0 Å². The van der Waals surface area contributed by atoms with Crippen LogP contribution in [0.4, 0.5) is 4.39 Å². The van der Waals surface area contributed by atoms with Crippen LogP contribution in [0.5, 0.6) is 0 Å². The third-order valence-corrected chi connectivity index (χ3v) is 5.48. The first-order valence-corrected chi connectivity index (χ1v) is 10.1. The van der Waals surface area contributed by atoms with Crippen molar-refractivity contribution in [1.29, 1.82) is 0 Å². The first-order chi connectivity index (χ1) is 14.4. The molecule has 154 valence electrons. The molecule has 4 rings (SSSR count). The van der Waals surface area contributed by atoms with E-state index in [0.717, 1.165) is 53.6 Å². The number of carbonyl (C=O) groups is 2. The fraction of sp³-hybridized carbons (Fsp3) is 0.292. The Labute approximate surface area is 174 Å². The Morgan fingerprint density at radius 2 is 1.90 bits per heavy atom. The van der Waals surface area contributed by atoms with Gasteiger partial charge in [-0.05, 0) is 47.4 Å². The molecule has 2 aromatic carbocycles. The molecule has 0 aliphatic carbocycles. The van der Waals surface area contributed by atoms with E-state index in [0.29, 0.717) is 5.69 Å². The van der Waals surface area contributed by atoms with Crippen molar-refractivity contribution in [1.82, 2.24) is 15.2 Å². The highest BCUT2D eigenvalue weighted by molar-refractivity contribution is 6.01. The standard InChI is InChI=1S/C24H24FN3O2/c1-15(29)23-12-22(18-4-6-19(25)7-5-18)21-8-3-17(11-24(21)27-23)13-28-10-9-20(14-28)26-16(2)30/h3-8,11-12,20H,9-10,13-14H2,1-2H3,(H,26,30). The van der Waals surface area contributed by atoms with E-state index in [-0.39, 0.29) is 23.5 Å². The van der Waals surface area contributed by atoms with Gasteiger partial charge in [0.25, 0.3) is 0 Å². The lowest BCUT2D eigenvalue weighted by Gasteiger charge is -2.17. The fourth-order valence-corrected chi connectivity index (χ4v) is 4.06.